The molecule has 0 aliphatic carbocycles. The molecule has 8 nitrogen and oxygen atoms in total. The van der Waals surface area contributed by atoms with Crippen molar-refractivity contribution in [3.63, 3.8) is 0 Å². The first kappa shape index (κ1) is 15.1. The third kappa shape index (κ3) is 2.76. The maximum absolute atomic E-state index is 9.43. The van der Waals surface area contributed by atoms with Crippen LogP contribution in [-0.4, -0.2) is 75.0 Å². The zero-order valence-electron chi connectivity index (χ0n) is 12.9. The molecule has 23 heavy (non-hydrogen) atoms. The Morgan fingerprint density at radius 3 is 2.65 bits per heavy atom. The number of morpholine rings is 1. The molecule has 2 aromatic heterocycles. The van der Waals surface area contributed by atoms with Gasteiger partial charge in [-0.25, -0.2) is 4.98 Å². The highest BCUT2D eigenvalue weighted by Crippen LogP contribution is 2.27. The van der Waals surface area contributed by atoms with Gasteiger partial charge < -0.3 is 19.3 Å². The summed E-state index contributed by atoms with van der Waals surface area (Å²) in [5, 5.41) is 9.66. The molecule has 1 N–H and O–H groups in total. The average molecular weight is 339 g/mol. The van der Waals surface area contributed by atoms with E-state index in [0.29, 0.717) is 32.8 Å². The number of rotatable bonds is 3. The van der Waals surface area contributed by atoms with Gasteiger partial charge in [0, 0.05) is 33.2 Å². The van der Waals surface area contributed by atoms with Crippen LogP contribution in [0.15, 0.2) is 0 Å². The quantitative estimate of drug-likeness (QED) is 0.791. The van der Waals surface area contributed by atoms with Crippen LogP contribution >= 0.6 is 11.6 Å². The lowest BCUT2D eigenvalue weighted by molar-refractivity contribution is -0.00463. The number of aliphatic hydroxyl groups excluding tert-OH is 1. The van der Waals surface area contributed by atoms with Crippen molar-refractivity contribution in [3.05, 3.63) is 11.1 Å². The predicted molar refractivity (Wildman–Crippen MR) is 85.6 cm³/mol. The number of imidazole rings is 1. The molecule has 0 aromatic carbocycles. The number of anilines is 1. The van der Waals surface area contributed by atoms with E-state index in [-0.39, 0.29) is 11.4 Å². The molecule has 4 rings (SSSR count). The number of aliphatic hydroxyl groups is 1. The van der Waals surface area contributed by atoms with Crippen molar-refractivity contribution in [2.24, 2.45) is 7.05 Å². The Bertz CT molecular complexity index is 724. The number of halogens is 1. The molecule has 0 saturated carbocycles. The number of aromatic nitrogens is 4. The predicted octanol–water partition coefficient (Wildman–Crippen LogP) is 0.0298. The van der Waals surface area contributed by atoms with Gasteiger partial charge in [0.05, 0.1) is 25.9 Å². The minimum atomic E-state index is -0.220. The second kappa shape index (κ2) is 5.86. The summed E-state index contributed by atoms with van der Waals surface area (Å²) >= 11 is 6.12. The molecule has 2 aromatic rings. The Kier molecular flexibility index (Phi) is 3.84. The summed E-state index contributed by atoms with van der Waals surface area (Å²) in [6.45, 7) is 4.95. The van der Waals surface area contributed by atoms with Crippen molar-refractivity contribution in [1.82, 2.24) is 24.4 Å². The Labute approximate surface area is 138 Å². The first-order valence-electron chi connectivity index (χ1n) is 7.74. The lowest BCUT2D eigenvalue weighted by Gasteiger charge is -2.35. The normalized spacial score (nSPS) is 20.2. The number of hydrogen-bond acceptors (Lipinski definition) is 7. The molecule has 0 bridgehead atoms. The van der Waals surface area contributed by atoms with Crippen molar-refractivity contribution in [1.29, 1.82) is 0 Å². The van der Waals surface area contributed by atoms with E-state index in [1.165, 1.54) is 0 Å². The zero-order chi connectivity index (χ0) is 16.0. The maximum Gasteiger partial charge on any atom is 0.226 e. The van der Waals surface area contributed by atoms with Crippen LogP contribution in [0.4, 0.5) is 5.82 Å². The van der Waals surface area contributed by atoms with Crippen LogP contribution in [-0.2, 0) is 18.3 Å². The van der Waals surface area contributed by atoms with Crippen LogP contribution in [0.1, 0.15) is 5.82 Å². The molecule has 0 amide bonds. The van der Waals surface area contributed by atoms with Gasteiger partial charge in [-0.15, -0.1) is 0 Å². The minimum Gasteiger partial charge on any atom is -0.390 e. The smallest absolute Gasteiger partial charge is 0.226 e. The number of likely N-dealkylation sites (tertiary alicyclic amines) is 1. The van der Waals surface area contributed by atoms with Crippen molar-refractivity contribution < 1.29 is 9.84 Å². The number of aryl methyl sites for hydroxylation is 1. The van der Waals surface area contributed by atoms with E-state index in [0.717, 1.165) is 35.9 Å². The van der Waals surface area contributed by atoms with Crippen LogP contribution in [0, 0.1) is 0 Å². The van der Waals surface area contributed by atoms with Gasteiger partial charge >= 0.3 is 0 Å². The highest BCUT2D eigenvalue weighted by Gasteiger charge is 2.27. The van der Waals surface area contributed by atoms with Crippen LogP contribution in [0.2, 0.25) is 5.28 Å². The van der Waals surface area contributed by atoms with E-state index >= 15 is 0 Å². The summed E-state index contributed by atoms with van der Waals surface area (Å²) in [5.74, 6) is 1.67. The summed E-state index contributed by atoms with van der Waals surface area (Å²) in [6, 6.07) is 0. The summed E-state index contributed by atoms with van der Waals surface area (Å²) in [5.41, 5.74) is 1.51. The van der Waals surface area contributed by atoms with Crippen molar-refractivity contribution >= 4 is 28.6 Å². The SMILES string of the molecule is Cn1c(CN2CC(O)C2)nc2c(N3CCOCC3)nc(Cl)nc21. The Hall–Kier alpha value is -1.48. The Balaban J connectivity index is 1.71. The molecule has 2 aliphatic heterocycles. The van der Waals surface area contributed by atoms with Crippen molar-refractivity contribution in [2.75, 3.05) is 44.3 Å². The fourth-order valence-corrected chi connectivity index (χ4v) is 3.23. The molecule has 4 heterocycles. The van der Waals surface area contributed by atoms with E-state index < -0.39 is 0 Å². The molecule has 2 saturated heterocycles. The molecule has 9 heteroatoms. The second-order valence-corrected chi connectivity index (χ2v) is 6.36. The zero-order valence-corrected chi connectivity index (χ0v) is 13.7. The van der Waals surface area contributed by atoms with E-state index in [1.807, 2.05) is 11.6 Å². The fraction of sp³-hybridized carbons (Fsp3) is 0.643. The molecule has 2 fully saturated rings. The van der Waals surface area contributed by atoms with Crippen molar-refractivity contribution in [3.8, 4) is 0 Å². The molecule has 2 aliphatic rings. The van der Waals surface area contributed by atoms with E-state index in [9.17, 15) is 5.11 Å². The summed E-state index contributed by atoms with van der Waals surface area (Å²) in [6.07, 6.45) is -0.220. The molecule has 0 radical (unpaired) electrons. The van der Waals surface area contributed by atoms with Crippen LogP contribution in [0.25, 0.3) is 11.2 Å². The standard InChI is InChI=1S/C14H19ClN6O2/c1-19-10(8-20-6-9(22)7-20)16-11-12(19)17-14(15)18-13(11)21-2-4-23-5-3-21/h9,22H,2-8H2,1H3. The minimum absolute atomic E-state index is 0.220. The maximum atomic E-state index is 9.43. The lowest BCUT2D eigenvalue weighted by atomic mass is 10.2. The number of ether oxygens (including phenoxy) is 1. The monoisotopic (exact) mass is 338 g/mol. The fourth-order valence-electron chi connectivity index (χ4n) is 3.07. The second-order valence-electron chi connectivity index (χ2n) is 6.02. The van der Waals surface area contributed by atoms with Gasteiger partial charge in [-0.05, 0) is 11.6 Å². The number of β-amino-alcohol motifs (C(OH)–C–C–N with tert-alkyl or cyclic N) is 1. The van der Waals surface area contributed by atoms with E-state index in [4.69, 9.17) is 21.3 Å². The Morgan fingerprint density at radius 1 is 1.22 bits per heavy atom. The largest absolute Gasteiger partial charge is 0.390 e. The van der Waals surface area contributed by atoms with Gasteiger partial charge in [0.15, 0.2) is 17.0 Å². The third-order valence-corrected chi connectivity index (χ3v) is 4.55. The number of fused-ring (bicyclic) bond motifs is 1. The first-order chi connectivity index (χ1) is 11.1. The molecule has 0 atom stereocenters. The summed E-state index contributed by atoms with van der Waals surface area (Å²) in [7, 11) is 1.94. The van der Waals surface area contributed by atoms with Gasteiger partial charge in [0.2, 0.25) is 5.28 Å². The van der Waals surface area contributed by atoms with Crippen LogP contribution in [0.5, 0.6) is 0 Å². The molecular formula is C14H19ClN6O2. The third-order valence-electron chi connectivity index (χ3n) is 4.38. The molecule has 124 valence electrons. The molecular weight excluding hydrogens is 320 g/mol. The highest BCUT2D eigenvalue weighted by molar-refractivity contribution is 6.28. The summed E-state index contributed by atoms with van der Waals surface area (Å²) in [4.78, 5) is 17.8. The van der Waals surface area contributed by atoms with Gasteiger partial charge in [0.1, 0.15) is 5.82 Å². The molecule has 0 unspecified atom stereocenters. The van der Waals surface area contributed by atoms with Gasteiger partial charge in [-0.2, -0.15) is 9.97 Å². The van der Waals surface area contributed by atoms with Crippen LogP contribution < -0.4 is 4.90 Å². The van der Waals surface area contributed by atoms with E-state index in [2.05, 4.69) is 19.8 Å². The highest BCUT2D eigenvalue weighted by atomic mass is 35.5. The summed E-state index contributed by atoms with van der Waals surface area (Å²) < 4.78 is 7.36. The van der Waals surface area contributed by atoms with Gasteiger partial charge in [0.25, 0.3) is 0 Å². The van der Waals surface area contributed by atoms with E-state index in [1.54, 1.807) is 0 Å². The van der Waals surface area contributed by atoms with Gasteiger partial charge in [-0.3, -0.25) is 4.90 Å². The first-order valence-corrected chi connectivity index (χ1v) is 8.11. The van der Waals surface area contributed by atoms with Gasteiger partial charge in [-0.1, -0.05) is 0 Å². The molecule has 0 spiro atoms. The topological polar surface area (TPSA) is 79.5 Å². The van der Waals surface area contributed by atoms with Crippen molar-refractivity contribution in [2.45, 2.75) is 12.6 Å². The number of hydrogen-bond donors (Lipinski definition) is 1. The lowest BCUT2D eigenvalue weighted by Crippen LogP contribution is -2.50. The Morgan fingerprint density at radius 2 is 1.96 bits per heavy atom. The average Bonchev–Trinajstić information content (AvgIpc) is 2.83. The van der Waals surface area contributed by atoms with Crippen LogP contribution in [0.3, 0.4) is 0 Å². The number of nitrogens with zero attached hydrogens (tertiary/aromatic N) is 6.